The number of carbonyl (C=O) groups excluding carboxylic acids is 3. The number of nitrogens with one attached hydrogen (secondary N) is 2. The minimum Gasteiger partial charge on any atom is -0.481 e. The van der Waals surface area contributed by atoms with E-state index in [-0.39, 0.29) is 49.0 Å². The smallest absolute Gasteiger partial charge is 0.410 e. The number of methoxy groups -OCH3 is 1. The Kier molecular flexibility index (Phi) is 19.3. The molecule has 8 N–H and O–H groups in total. The quantitative estimate of drug-likeness (QED) is 0.0450. The third-order valence-corrected chi connectivity index (χ3v) is 13.8. The van der Waals surface area contributed by atoms with Crippen LogP contribution in [0.3, 0.4) is 0 Å². The highest BCUT2D eigenvalue weighted by atomic mass is 16.7. The molecule has 13 atom stereocenters. The monoisotopic (exact) mass is 916 g/mol. The second-order valence-electron chi connectivity index (χ2n) is 18.9. The second-order valence-corrected chi connectivity index (χ2v) is 18.9. The molecular weight excluding hydrogens is 839 g/mol. The number of anilines is 1. The molecule has 2 saturated heterocycles. The number of nitrogens with zero attached hydrogens (tertiary/aromatic N) is 5. The Balaban J connectivity index is 1.50. The van der Waals surface area contributed by atoms with Crippen molar-refractivity contribution < 1.29 is 48.3 Å². The van der Waals surface area contributed by atoms with Crippen LogP contribution in [0.4, 0.5) is 10.5 Å². The van der Waals surface area contributed by atoms with Gasteiger partial charge in [-0.05, 0) is 104 Å². The number of unbranched alkanes of at least 4 members (excludes halogenated alkanes) is 1. The SMILES string of the molecule is CC[C@@H](C)[C@@]1(C)OC(=O)N(CCCCn2cc(-c3cccc(N)c3)nn2)[C@@H]1[C@@H](C)NC[C@H](C)C[C@@](C)(OC)[C@H](O[C@@H]1OC(CNC(=O)CN)CC(N(C)C)C1O)[C@@H](C)C(=O)[C@@H](C)C(=O)O. The lowest BCUT2D eigenvalue weighted by Gasteiger charge is -2.47. The highest BCUT2D eigenvalue weighted by molar-refractivity contribution is 5.99. The van der Waals surface area contributed by atoms with Gasteiger partial charge in [0.1, 0.15) is 23.3 Å². The summed E-state index contributed by atoms with van der Waals surface area (Å²) in [5, 5.41) is 36.5. The zero-order chi connectivity index (χ0) is 48.4. The first-order chi connectivity index (χ1) is 30.6. The molecule has 0 saturated carbocycles. The number of benzene rings is 1. The number of ether oxygens (including phenoxy) is 4. The van der Waals surface area contributed by atoms with E-state index in [1.807, 2.05) is 75.1 Å². The van der Waals surface area contributed by atoms with Crippen LogP contribution in [0.15, 0.2) is 30.5 Å². The first-order valence-corrected chi connectivity index (χ1v) is 23.0. The Labute approximate surface area is 384 Å². The lowest BCUT2D eigenvalue weighted by Crippen LogP contribution is -2.60. The van der Waals surface area contributed by atoms with Gasteiger partial charge >= 0.3 is 12.1 Å². The van der Waals surface area contributed by atoms with Gasteiger partial charge in [-0.15, -0.1) is 5.10 Å². The van der Waals surface area contributed by atoms with Crippen LogP contribution in [0, 0.1) is 23.7 Å². The Morgan fingerprint density at radius 3 is 2.45 bits per heavy atom. The van der Waals surface area contributed by atoms with E-state index in [1.165, 1.54) is 14.0 Å². The number of hydrogen-bond acceptors (Lipinski definition) is 15. The molecule has 4 rings (SSSR count). The maximum atomic E-state index is 13.8. The molecule has 19 nitrogen and oxygen atoms in total. The largest absolute Gasteiger partial charge is 0.481 e. The van der Waals surface area contributed by atoms with E-state index in [9.17, 15) is 29.4 Å². The predicted octanol–water partition coefficient (Wildman–Crippen LogP) is 3.13. The van der Waals surface area contributed by atoms with E-state index in [4.69, 9.17) is 30.4 Å². The summed E-state index contributed by atoms with van der Waals surface area (Å²) in [5.74, 6) is -4.59. The van der Waals surface area contributed by atoms with Gasteiger partial charge in [0.05, 0.1) is 36.6 Å². The maximum absolute atomic E-state index is 13.8. The van der Waals surface area contributed by atoms with Crippen LogP contribution >= 0.6 is 0 Å². The third-order valence-electron chi connectivity index (χ3n) is 13.8. The number of aromatic nitrogens is 3. The molecule has 1 aromatic carbocycles. The fraction of sp³-hybridized carbons (Fsp3) is 0.739. The Morgan fingerprint density at radius 2 is 1.83 bits per heavy atom. The van der Waals surface area contributed by atoms with Crippen molar-refractivity contribution in [2.24, 2.45) is 29.4 Å². The highest BCUT2D eigenvalue weighted by Crippen LogP contribution is 2.40. The number of aliphatic carboxylic acids is 1. The van der Waals surface area contributed by atoms with E-state index >= 15 is 0 Å². The summed E-state index contributed by atoms with van der Waals surface area (Å²) in [6.45, 7) is 16.6. The molecule has 2 aliphatic heterocycles. The van der Waals surface area contributed by atoms with Crippen LogP contribution in [-0.2, 0) is 39.9 Å². The second kappa shape index (κ2) is 23.5. The fourth-order valence-electron chi connectivity index (χ4n) is 9.47. The van der Waals surface area contributed by atoms with E-state index < -0.39 is 65.4 Å². The van der Waals surface area contributed by atoms with Crippen LogP contribution in [0.5, 0.6) is 0 Å². The molecule has 0 bridgehead atoms. The van der Waals surface area contributed by atoms with Gasteiger partial charge in [-0.2, -0.15) is 0 Å². The molecule has 0 radical (unpaired) electrons. The molecule has 0 aliphatic carbocycles. The number of rotatable bonds is 26. The zero-order valence-corrected chi connectivity index (χ0v) is 40.4. The number of nitrogens with two attached hydrogens (primary N) is 2. The molecule has 1 aromatic heterocycles. The van der Waals surface area contributed by atoms with Gasteiger partial charge in [0.2, 0.25) is 5.91 Å². The number of carboxylic acids is 1. The van der Waals surface area contributed by atoms with Crippen LogP contribution in [0.2, 0.25) is 0 Å². The van der Waals surface area contributed by atoms with Gasteiger partial charge in [0.25, 0.3) is 0 Å². The van der Waals surface area contributed by atoms with E-state index in [2.05, 4.69) is 41.7 Å². The summed E-state index contributed by atoms with van der Waals surface area (Å²) in [7, 11) is 5.15. The zero-order valence-electron chi connectivity index (χ0n) is 40.4. The number of amides is 2. The van der Waals surface area contributed by atoms with E-state index in [1.54, 1.807) is 11.6 Å². The first kappa shape index (κ1) is 53.4. The average Bonchev–Trinajstić information content (AvgIpc) is 3.85. The fourth-order valence-corrected chi connectivity index (χ4v) is 9.47. The number of aliphatic hydroxyl groups is 1. The molecule has 0 spiro atoms. The van der Waals surface area contributed by atoms with Crippen LogP contribution < -0.4 is 22.1 Å². The highest BCUT2D eigenvalue weighted by Gasteiger charge is 2.55. The minimum absolute atomic E-state index is 0.0617. The number of nitrogen functional groups attached to an aromatic ring is 1. The number of hydrogen-bond donors (Lipinski definition) is 6. The summed E-state index contributed by atoms with van der Waals surface area (Å²) in [6.07, 6.45) is 0.468. The van der Waals surface area contributed by atoms with Crippen molar-refractivity contribution in [3.63, 3.8) is 0 Å². The predicted molar refractivity (Wildman–Crippen MR) is 245 cm³/mol. The molecule has 3 unspecified atom stereocenters. The number of carboxylic acid groups (broad SMARTS) is 1. The summed E-state index contributed by atoms with van der Waals surface area (Å²) in [5.41, 5.74) is 11.8. The number of ketones is 1. The molecule has 2 aromatic rings. The molecule has 2 aliphatic rings. The lowest BCUT2D eigenvalue weighted by molar-refractivity contribution is -0.296. The molecule has 2 amide bonds. The van der Waals surface area contributed by atoms with Crippen molar-refractivity contribution in [1.29, 1.82) is 0 Å². The van der Waals surface area contributed by atoms with Gasteiger partial charge in [-0.1, -0.05) is 45.0 Å². The normalized spacial score (nSPS) is 26.2. The molecule has 2 fully saturated rings. The van der Waals surface area contributed by atoms with Crippen molar-refractivity contribution >= 4 is 29.4 Å². The topological polar surface area (TPSA) is 259 Å². The third kappa shape index (κ3) is 13.2. The summed E-state index contributed by atoms with van der Waals surface area (Å²) < 4.78 is 27.2. The number of likely N-dealkylation sites (N-methyl/N-ethyl adjacent to an activating group) is 1. The summed E-state index contributed by atoms with van der Waals surface area (Å²) in [6, 6.07) is 6.56. The van der Waals surface area contributed by atoms with E-state index in [0.29, 0.717) is 44.6 Å². The van der Waals surface area contributed by atoms with Crippen LogP contribution in [0.25, 0.3) is 11.3 Å². The van der Waals surface area contributed by atoms with Gasteiger partial charge in [-0.3, -0.25) is 24.0 Å². The summed E-state index contributed by atoms with van der Waals surface area (Å²) >= 11 is 0. The van der Waals surface area contributed by atoms with E-state index in [0.717, 1.165) is 24.1 Å². The standard InChI is InChI=1S/C46H77N9O10/c1-12-28(3)46(8)40(55(44(61)65-46)19-14-13-18-54-26-35(51-52-54)32-16-15-17-33(48)20-32)31(6)49-24-27(2)22-45(7,62-11)41(29(4)38(57)30(5)42(59)60)64-43-39(58)36(53(9)10)21-34(63-43)25-50-37(56)23-47/h15-17,20,26-31,34,36,39-41,43,49,58H,12-14,18-19,21-25,47-48H2,1-11H3,(H,50,56)(H,59,60)/t27-,28-,29+,30-,31-,34?,36?,39?,40-,41-,43+,45-,46-/m1/s1. The number of cyclic esters (lactones) is 1. The molecule has 3 heterocycles. The minimum atomic E-state index is -1.34. The average molecular weight is 916 g/mol. The Hall–Kier alpha value is -4.24. The number of aliphatic hydroxyl groups excluding tert-OH is 1. The van der Waals surface area contributed by atoms with Crippen molar-refractivity contribution in [2.45, 2.75) is 148 Å². The molecule has 19 heteroatoms. The number of carbonyl (C=O) groups is 4. The number of aryl methyl sites for hydroxylation is 1. The van der Waals surface area contributed by atoms with Gasteiger partial charge in [0.15, 0.2) is 12.1 Å². The maximum Gasteiger partial charge on any atom is 0.410 e. The summed E-state index contributed by atoms with van der Waals surface area (Å²) in [4.78, 5) is 55.2. The molecular formula is C46H77N9O10. The van der Waals surface area contributed by atoms with Gasteiger partial charge in [-0.25, -0.2) is 4.79 Å². The number of Topliss-reactive ketones (excluding diaryl/α,β-unsaturated/α-hetero) is 1. The van der Waals surface area contributed by atoms with Crippen LogP contribution in [0.1, 0.15) is 87.5 Å². The van der Waals surface area contributed by atoms with Crippen molar-refractivity contribution in [1.82, 2.24) is 35.4 Å². The van der Waals surface area contributed by atoms with Gasteiger partial charge in [0, 0.05) is 56.0 Å². The van der Waals surface area contributed by atoms with Crippen molar-refractivity contribution in [3.05, 3.63) is 30.5 Å². The van der Waals surface area contributed by atoms with Crippen LogP contribution in [-0.4, -0.2) is 160 Å². The Bertz CT molecular complexity index is 1890. The van der Waals surface area contributed by atoms with Crippen molar-refractivity contribution in [3.8, 4) is 11.3 Å². The first-order valence-electron chi connectivity index (χ1n) is 23.0. The van der Waals surface area contributed by atoms with Gasteiger partial charge < -0.3 is 56.2 Å². The molecule has 366 valence electrons. The molecule has 65 heavy (non-hydrogen) atoms. The lowest BCUT2D eigenvalue weighted by atomic mass is 9.78. The van der Waals surface area contributed by atoms with Crippen molar-refractivity contribution in [2.75, 3.05) is 53.1 Å². The Morgan fingerprint density at radius 1 is 1.14 bits per heavy atom.